The number of fused-ring (bicyclic) bond motifs is 2. The van der Waals surface area contributed by atoms with Crippen LogP contribution in [0.25, 0.3) is 0 Å². The Bertz CT molecular complexity index is 1410. The number of unbranched alkanes of at least 4 members (excludes halogenated alkanes) is 13. The molecule has 3 aromatic carbocycles. The van der Waals surface area contributed by atoms with Gasteiger partial charge in [0.15, 0.2) is 0 Å². The smallest absolute Gasteiger partial charge is 0.335 e. The van der Waals surface area contributed by atoms with Gasteiger partial charge in [0.2, 0.25) is 0 Å². The molecule has 0 aromatic heterocycles. The van der Waals surface area contributed by atoms with Crippen LogP contribution in [-0.2, 0) is 0 Å². The minimum absolute atomic E-state index is 0.144. The monoisotopic (exact) mass is 657 g/mol. The molecule has 0 fully saturated rings. The number of carbonyl (C=O) groups is 2. The zero-order valence-corrected chi connectivity index (χ0v) is 29.3. The number of rotatable bonds is 22. The maximum absolute atomic E-state index is 13.3. The second-order valence-electron chi connectivity index (χ2n) is 12.8. The molecule has 260 valence electrons. The van der Waals surface area contributed by atoms with Gasteiger partial charge in [-0.25, -0.2) is 4.79 Å². The van der Waals surface area contributed by atoms with Crippen LogP contribution in [0.2, 0.25) is 0 Å². The number of carbonyl (C=O) groups excluding carboxylic acids is 1. The number of amides is 1. The first-order valence-corrected chi connectivity index (χ1v) is 18.3. The Morgan fingerprint density at radius 2 is 1.15 bits per heavy atom. The van der Waals surface area contributed by atoms with Gasteiger partial charge in [0, 0.05) is 41.3 Å². The predicted octanol–water partition coefficient (Wildman–Crippen LogP) is 10.7. The van der Waals surface area contributed by atoms with Crippen LogP contribution in [0.4, 0.5) is 0 Å². The lowest BCUT2D eigenvalue weighted by Crippen LogP contribution is -2.25. The van der Waals surface area contributed by atoms with Gasteiger partial charge in [-0.05, 0) is 56.2 Å². The van der Waals surface area contributed by atoms with Crippen LogP contribution in [-0.4, -0.2) is 36.7 Å². The quantitative estimate of drug-likeness (QED) is 0.0817. The highest BCUT2D eigenvalue weighted by Crippen LogP contribution is 2.50. The van der Waals surface area contributed by atoms with Gasteiger partial charge in [-0.15, -0.1) is 0 Å². The molecule has 1 aliphatic heterocycles. The highest BCUT2D eigenvalue weighted by Gasteiger charge is 2.33. The van der Waals surface area contributed by atoms with Gasteiger partial charge < -0.3 is 24.6 Å². The van der Waals surface area contributed by atoms with E-state index in [-0.39, 0.29) is 11.5 Å². The summed E-state index contributed by atoms with van der Waals surface area (Å²) in [5, 5.41) is 13.3. The van der Waals surface area contributed by atoms with Crippen LogP contribution in [0, 0.1) is 0 Å². The van der Waals surface area contributed by atoms with Crippen LogP contribution < -0.4 is 19.5 Å². The molecule has 1 aliphatic rings. The van der Waals surface area contributed by atoms with Gasteiger partial charge >= 0.3 is 5.97 Å². The van der Waals surface area contributed by atoms with Crippen molar-refractivity contribution >= 4 is 11.9 Å². The molecular formula is C41H55NO6. The molecule has 1 heterocycles. The number of hydrogen-bond donors (Lipinski definition) is 2. The summed E-state index contributed by atoms with van der Waals surface area (Å²) in [6.45, 7) is 7.71. The number of aromatic carboxylic acids is 1. The summed E-state index contributed by atoms with van der Waals surface area (Å²) in [6.07, 6.45) is 18.0. The van der Waals surface area contributed by atoms with Gasteiger partial charge in [-0.2, -0.15) is 0 Å². The second-order valence-corrected chi connectivity index (χ2v) is 12.8. The molecule has 2 N–H and O–H groups in total. The SMILES string of the molecule is CCCCCCCCCCCCCCCCNC(=O)c1ccc(C(=O)O)c(C2c3ccc(OCC)cc3Oc3cc(OCC)ccc32)c1. The first-order chi connectivity index (χ1) is 23.5. The van der Waals surface area contributed by atoms with Crippen LogP contribution in [0.5, 0.6) is 23.0 Å². The van der Waals surface area contributed by atoms with E-state index in [2.05, 4.69) is 12.2 Å². The number of carboxylic acids is 1. The molecule has 48 heavy (non-hydrogen) atoms. The van der Waals surface area contributed by atoms with E-state index in [1.54, 1.807) is 12.1 Å². The fraction of sp³-hybridized carbons (Fsp3) is 0.512. The lowest BCUT2D eigenvalue weighted by molar-refractivity contribution is 0.0694. The molecule has 7 nitrogen and oxygen atoms in total. The summed E-state index contributed by atoms with van der Waals surface area (Å²) in [5.41, 5.74) is 2.72. The van der Waals surface area contributed by atoms with E-state index in [4.69, 9.17) is 14.2 Å². The second kappa shape index (κ2) is 19.7. The highest BCUT2D eigenvalue weighted by atomic mass is 16.5. The van der Waals surface area contributed by atoms with Crippen molar-refractivity contribution in [2.24, 2.45) is 0 Å². The minimum Gasteiger partial charge on any atom is -0.494 e. The molecule has 0 atom stereocenters. The van der Waals surface area contributed by atoms with Gasteiger partial charge in [0.05, 0.1) is 18.8 Å². The fourth-order valence-electron chi connectivity index (χ4n) is 6.58. The summed E-state index contributed by atoms with van der Waals surface area (Å²) in [5.74, 6) is 0.760. The third-order valence-electron chi connectivity index (χ3n) is 9.11. The summed E-state index contributed by atoms with van der Waals surface area (Å²) in [4.78, 5) is 25.8. The Balaban J connectivity index is 1.37. The molecule has 7 heteroatoms. The Hall–Kier alpha value is -4.00. The van der Waals surface area contributed by atoms with Gasteiger partial charge in [-0.3, -0.25) is 4.79 Å². The Kier molecular flexibility index (Phi) is 15.1. The summed E-state index contributed by atoms with van der Waals surface area (Å²) in [6, 6.07) is 16.1. The van der Waals surface area contributed by atoms with Crippen molar-refractivity contribution in [3.8, 4) is 23.0 Å². The topological polar surface area (TPSA) is 94.1 Å². The molecule has 0 aliphatic carbocycles. The van der Waals surface area contributed by atoms with Crippen molar-refractivity contribution in [3.63, 3.8) is 0 Å². The zero-order chi connectivity index (χ0) is 34.1. The lowest BCUT2D eigenvalue weighted by atomic mass is 9.80. The maximum atomic E-state index is 13.3. The van der Waals surface area contributed by atoms with E-state index in [9.17, 15) is 14.7 Å². The van der Waals surface area contributed by atoms with Crippen molar-refractivity contribution in [2.75, 3.05) is 19.8 Å². The van der Waals surface area contributed by atoms with Crippen LogP contribution in [0.3, 0.4) is 0 Å². The predicted molar refractivity (Wildman–Crippen MR) is 192 cm³/mol. The molecule has 4 rings (SSSR count). The van der Waals surface area contributed by atoms with Crippen LogP contribution >= 0.6 is 0 Å². The van der Waals surface area contributed by atoms with Crippen LogP contribution in [0.1, 0.15) is 154 Å². The zero-order valence-electron chi connectivity index (χ0n) is 29.3. The van der Waals surface area contributed by atoms with Crippen molar-refractivity contribution in [1.82, 2.24) is 5.32 Å². The third-order valence-corrected chi connectivity index (χ3v) is 9.11. The maximum Gasteiger partial charge on any atom is 0.335 e. The number of carboxylic acid groups (broad SMARTS) is 1. The first kappa shape index (κ1) is 36.8. The average molecular weight is 658 g/mol. The normalized spacial score (nSPS) is 12.1. The molecule has 0 spiro atoms. The number of benzene rings is 3. The molecule has 0 saturated heterocycles. The van der Waals surface area contributed by atoms with Crippen LogP contribution in [0.15, 0.2) is 54.6 Å². The average Bonchev–Trinajstić information content (AvgIpc) is 3.08. The van der Waals surface area contributed by atoms with E-state index >= 15 is 0 Å². The van der Waals surface area contributed by atoms with Crippen molar-refractivity contribution in [3.05, 3.63) is 82.4 Å². The van der Waals surface area contributed by atoms with Crippen molar-refractivity contribution in [2.45, 2.75) is 117 Å². The van der Waals surface area contributed by atoms with Gasteiger partial charge in [0.25, 0.3) is 5.91 Å². The van der Waals surface area contributed by atoms with Crippen molar-refractivity contribution < 1.29 is 28.9 Å². The van der Waals surface area contributed by atoms with E-state index in [0.29, 0.717) is 53.9 Å². The van der Waals surface area contributed by atoms with Crippen molar-refractivity contribution in [1.29, 1.82) is 0 Å². The number of ether oxygens (including phenoxy) is 3. The summed E-state index contributed by atoms with van der Waals surface area (Å²) >= 11 is 0. The number of nitrogens with one attached hydrogen (secondary N) is 1. The Morgan fingerprint density at radius 3 is 1.62 bits per heavy atom. The first-order valence-electron chi connectivity index (χ1n) is 18.3. The largest absolute Gasteiger partial charge is 0.494 e. The number of hydrogen-bond acceptors (Lipinski definition) is 5. The third kappa shape index (κ3) is 10.5. The van der Waals surface area contributed by atoms with E-state index in [1.165, 1.54) is 83.1 Å². The fourth-order valence-corrected chi connectivity index (χ4v) is 6.58. The van der Waals surface area contributed by atoms with E-state index in [1.807, 2.05) is 50.2 Å². The van der Waals surface area contributed by atoms with Gasteiger partial charge in [0.1, 0.15) is 23.0 Å². The molecule has 0 bridgehead atoms. The summed E-state index contributed by atoms with van der Waals surface area (Å²) in [7, 11) is 0. The molecule has 0 unspecified atom stereocenters. The molecule has 0 saturated carbocycles. The molecule has 3 aromatic rings. The molecular weight excluding hydrogens is 602 g/mol. The molecule has 0 radical (unpaired) electrons. The van der Waals surface area contributed by atoms with Gasteiger partial charge in [-0.1, -0.05) is 103 Å². The van der Waals surface area contributed by atoms with E-state index in [0.717, 1.165) is 24.0 Å². The standard InChI is InChI=1S/C41H55NO6/c1-4-7-8-9-10-11-12-13-14-15-16-17-18-19-26-42-40(43)30-20-23-33(41(44)45)36(27-30)39-34-24-21-31(46-5-2)28-37(34)48-38-29-32(47-6-3)22-25-35(38)39/h20-25,27-29,39H,4-19,26H2,1-3H3,(H,42,43)(H,44,45). The Labute approximate surface area is 287 Å². The highest BCUT2D eigenvalue weighted by molar-refractivity contribution is 5.97. The van der Waals surface area contributed by atoms with E-state index < -0.39 is 11.9 Å². The molecule has 1 amide bonds. The lowest BCUT2D eigenvalue weighted by Gasteiger charge is -2.30. The Morgan fingerprint density at radius 1 is 0.646 bits per heavy atom. The minimum atomic E-state index is -1.05. The summed E-state index contributed by atoms with van der Waals surface area (Å²) < 4.78 is 17.8.